The van der Waals surface area contributed by atoms with Gasteiger partial charge in [-0.3, -0.25) is 19.2 Å². The van der Waals surface area contributed by atoms with Crippen LogP contribution in [0.3, 0.4) is 0 Å². The van der Waals surface area contributed by atoms with Gasteiger partial charge in [0.1, 0.15) is 11.5 Å². The molecule has 3 aliphatic carbocycles. The Hall–Kier alpha value is -5.31. The van der Waals surface area contributed by atoms with Gasteiger partial charge in [-0.15, -0.1) is 0 Å². The molecule has 3 N–H and O–H groups in total. The molecule has 1 heterocycles. The van der Waals surface area contributed by atoms with Crippen molar-refractivity contribution in [1.29, 1.82) is 0 Å². The van der Waals surface area contributed by atoms with E-state index in [1.54, 1.807) is 48.5 Å². The number of benzene rings is 3. The lowest BCUT2D eigenvalue weighted by atomic mass is 9.44. The highest BCUT2D eigenvalue weighted by molar-refractivity contribution is 6.31. The number of imide groups is 3. The van der Waals surface area contributed by atoms with Crippen LogP contribution in [0.15, 0.2) is 96.6 Å². The van der Waals surface area contributed by atoms with E-state index in [0.29, 0.717) is 32.9 Å². The van der Waals surface area contributed by atoms with Gasteiger partial charge in [0.2, 0.25) is 11.8 Å². The molecule has 6 atom stereocenters. The van der Waals surface area contributed by atoms with Crippen molar-refractivity contribution in [3.8, 4) is 11.5 Å². The molecular formula is C36H30N2O7. The van der Waals surface area contributed by atoms with E-state index < -0.39 is 52.8 Å². The van der Waals surface area contributed by atoms with E-state index in [-0.39, 0.29) is 35.7 Å². The van der Waals surface area contributed by atoms with Crippen LogP contribution < -0.4 is 10.5 Å². The Morgan fingerprint density at radius 2 is 1.62 bits per heavy atom. The zero-order valence-electron chi connectivity index (χ0n) is 24.4. The van der Waals surface area contributed by atoms with E-state index in [2.05, 4.69) is 0 Å². The molecule has 0 aromatic heterocycles. The molecular weight excluding hydrogens is 572 g/mol. The molecule has 9 heteroatoms. The van der Waals surface area contributed by atoms with E-state index in [9.17, 15) is 29.1 Å². The van der Waals surface area contributed by atoms with Crippen molar-refractivity contribution in [3.05, 3.63) is 113 Å². The number of fused-ring (bicyclic) bond motifs is 4. The quantitative estimate of drug-likeness (QED) is 0.335. The first kappa shape index (κ1) is 28.5. The Kier molecular flexibility index (Phi) is 6.58. The summed E-state index contributed by atoms with van der Waals surface area (Å²) in [6, 6.07) is 21.6. The number of phenols is 1. The number of nitrogens with zero attached hydrogens (tertiary/aromatic N) is 1. The number of Topliss-reactive ketones (excluding diaryl/α,β-unsaturated/α-hetero) is 1. The maximum absolute atomic E-state index is 14.9. The largest absolute Gasteiger partial charge is 0.508 e. The van der Waals surface area contributed by atoms with E-state index >= 15 is 0 Å². The summed E-state index contributed by atoms with van der Waals surface area (Å²) in [5.41, 5.74) is 6.44. The minimum Gasteiger partial charge on any atom is -0.508 e. The van der Waals surface area contributed by atoms with Crippen molar-refractivity contribution in [2.75, 3.05) is 7.11 Å². The molecule has 9 nitrogen and oxygen atoms in total. The van der Waals surface area contributed by atoms with Crippen LogP contribution in [0.1, 0.15) is 35.4 Å². The molecule has 226 valence electrons. The fourth-order valence-electron chi connectivity index (χ4n) is 8.33. The number of rotatable bonds is 4. The average Bonchev–Trinajstić information content (AvgIpc) is 3.32. The van der Waals surface area contributed by atoms with Crippen LogP contribution in [0.5, 0.6) is 11.5 Å². The second-order valence-corrected chi connectivity index (χ2v) is 12.1. The topological polar surface area (TPSA) is 144 Å². The first-order chi connectivity index (χ1) is 21.7. The van der Waals surface area contributed by atoms with Gasteiger partial charge in [0.15, 0.2) is 11.6 Å². The number of primary amides is 1. The average molecular weight is 603 g/mol. The van der Waals surface area contributed by atoms with Crippen molar-refractivity contribution < 1.29 is 33.8 Å². The Morgan fingerprint density at radius 3 is 2.29 bits per heavy atom. The van der Waals surface area contributed by atoms with Crippen LogP contribution in [0.25, 0.3) is 5.57 Å². The van der Waals surface area contributed by atoms with Crippen molar-refractivity contribution in [2.24, 2.45) is 29.4 Å². The zero-order chi connectivity index (χ0) is 31.6. The fourth-order valence-corrected chi connectivity index (χ4v) is 8.33. The number of ketones is 2. The molecule has 6 unspecified atom stereocenters. The molecule has 2 fully saturated rings. The Morgan fingerprint density at radius 1 is 0.933 bits per heavy atom. The first-order valence-electron chi connectivity index (χ1n) is 14.9. The highest BCUT2D eigenvalue weighted by Crippen LogP contribution is 2.64. The smallest absolute Gasteiger partial charge is 0.328 e. The number of urea groups is 1. The minimum absolute atomic E-state index is 0.0729. The van der Waals surface area contributed by atoms with Gasteiger partial charge >= 0.3 is 6.03 Å². The van der Waals surface area contributed by atoms with Gasteiger partial charge in [-0.25, -0.2) is 4.79 Å². The lowest BCUT2D eigenvalue weighted by Crippen LogP contribution is -2.58. The van der Waals surface area contributed by atoms with E-state index in [1.807, 2.05) is 30.3 Å². The predicted octanol–water partition coefficient (Wildman–Crippen LogP) is 4.30. The maximum atomic E-state index is 14.9. The normalized spacial score (nSPS) is 28.9. The molecule has 3 aromatic carbocycles. The van der Waals surface area contributed by atoms with Crippen LogP contribution in [0, 0.1) is 23.7 Å². The van der Waals surface area contributed by atoms with E-state index in [4.69, 9.17) is 10.5 Å². The number of phenolic OH excluding ortho intramolecular Hbond substituents is 1. The molecule has 45 heavy (non-hydrogen) atoms. The molecule has 1 aliphatic heterocycles. The molecule has 7 rings (SSSR count). The predicted molar refractivity (Wildman–Crippen MR) is 163 cm³/mol. The Labute approximate surface area is 259 Å². The zero-order valence-corrected chi connectivity index (χ0v) is 24.4. The lowest BCUT2D eigenvalue weighted by molar-refractivity contribution is -0.137. The summed E-state index contributed by atoms with van der Waals surface area (Å²) in [6.45, 7) is 0. The standard InChI is InChI=1S/C36H30N2O7/c1-45-21-12-15-28(39)26(16-21)31-22-13-14-23-30(34(43)38(33(23)42)35(37)44)25(22)17-27-32(41)24(19-8-4-2-5-9-19)18-29(40)36(27,31)20-10-6-3-7-11-20/h2-13,15-16,18,23,25,27,30-31,39H,14,17H2,1H3,(H2,37,44). The van der Waals surface area contributed by atoms with Crippen molar-refractivity contribution in [2.45, 2.75) is 24.2 Å². The number of carbonyl (C=O) groups is 5. The number of aromatic hydroxyl groups is 1. The molecule has 1 saturated heterocycles. The monoisotopic (exact) mass is 602 g/mol. The summed E-state index contributed by atoms with van der Waals surface area (Å²) in [5.74, 6) is -5.99. The van der Waals surface area contributed by atoms with Gasteiger partial charge in [-0.05, 0) is 54.2 Å². The third-order valence-electron chi connectivity index (χ3n) is 10.1. The SMILES string of the molecule is COc1ccc(O)c(C2C3=CCC4C(=O)N(C(N)=O)C(=O)C4C3CC3C(=O)C(c4ccccc4)=CC(=O)C32c2ccccc2)c1. The number of allylic oxidation sites excluding steroid dienone is 4. The van der Waals surface area contributed by atoms with Gasteiger partial charge in [-0.1, -0.05) is 72.3 Å². The van der Waals surface area contributed by atoms with Crippen molar-refractivity contribution in [3.63, 3.8) is 0 Å². The number of ether oxygens (including phenoxy) is 1. The summed E-state index contributed by atoms with van der Waals surface area (Å²) < 4.78 is 5.52. The third kappa shape index (κ3) is 3.96. The number of nitrogens with two attached hydrogens (primary N) is 1. The number of hydrogen-bond donors (Lipinski definition) is 2. The number of amides is 4. The molecule has 3 aromatic rings. The highest BCUT2D eigenvalue weighted by atomic mass is 16.5. The van der Waals surface area contributed by atoms with Crippen LogP contribution >= 0.6 is 0 Å². The van der Waals surface area contributed by atoms with Crippen LogP contribution in [0.4, 0.5) is 4.79 Å². The van der Waals surface area contributed by atoms with Crippen molar-refractivity contribution in [1.82, 2.24) is 4.90 Å². The van der Waals surface area contributed by atoms with Gasteiger partial charge in [-0.2, -0.15) is 4.90 Å². The number of hydrogen-bond acceptors (Lipinski definition) is 7. The molecule has 1 saturated carbocycles. The molecule has 4 aliphatic rings. The van der Waals surface area contributed by atoms with E-state index in [1.165, 1.54) is 19.3 Å². The van der Waals surface area contributed by atoms with Crippen molar-refractivity contribution >= 4 is 35.0 Å². The summed E-state index contributed by atoms with van der Waals surface area (Å²) >= 11 is 0. The maximum Gasteiger partial charge on any atom is 0.328 e. The van der Waals surface area contributed by atoms with Crippen LogP contribution in [-0.2, 0) is 24.6 Å². The summed E-state index contributed by atoms with van der Waals surface area (Å²) in [6.07, 6.45) is 3.47. The third-order valence-corrected chi connectivity index (χ3v) is 10.1. The van der Waals surface area contributed by atoms with Crippen LogP contribution in [-0.4, -0.2) is 46.5 Å². The first-order valence-corrected chi connectivity index (χ1v) is 14.9. The van der Waals surface area contributed by atoms with Gasteiger partial charge in [0, 0.05) is 23.0 Å². The van der Waals surface area contributed by atoms with Crippen LogP contribution in [0.2, 0.25) is 0 Å². The Bertz CT molecular complexity index is 1850. The summed E-state index contributed by atoms with van der Waals surface area (Å²) in [7, 11) is 1.49. The lowest BCUT2D eigenvalue weighted by Gasteiger charge is -2.55. The summed E-state index contributed by atoms with van der Waals surface area (Å²) in [4.78, 5) is 69.5. The number of methoxy groups -OCH3 is 1. The number of carbonyl (C=O) groups excluding carboxylic acids is 5. The minimum atomic E-state index is -1.50. The molecule has 0 spiro atoms. The molecule has 0 bridgehead atoms. The second-order valence-electron chi connectivity index (χ2n) is 12.1. The second kappa shape index (κ2) is 10.4. The van der Waals surface area contributed by atoms with E-state index in [0.717, 1.165) is 0 Å². The van der Waals surface area contributed by atoms with Gasteiger partial charge in [0.05, 0.1) is 24.4 Å². The summed E-state index contributed by atoms with van der Waals surface area (Å²) in [5, 5.41) is 11.4. The highest BCUT2D eigenvalue weighted by Gasteiger charge is 2.66. The Balaban J connectivity index is 1.53. The fraction of sp³-hybridized carbons (Fsp3) is 0.250. The van der Waals surface area contributed by atoms with Gasteiger partial charge in [0.25, 0.3) is 0 Å². The van der Waals surface area contributed by atoms with Gasteiger partial charge < -0.3 is 15.6 Å². The molecule has 0 radical (unpaired) electrons. The molecule has 4 amide bonds. The number of likely N-dealkylation sites (tertiary alicyclic amines) is 1.